The molecule has 1 aliphatic heterocycles. The third-order valence-corrected chi connectivity index (χ3v) is 4.16. The molecular weight excluding hydrogens is 304 g/mol. The van der Waals surface area contributed by atoms with Crippen LogP contribution in [-0.2, 0) is 9.59 Å². The molecule has 24 heavy (non-hydrogen) atoms. The number of piperidine rings is 1. The predicted molar refractivity (Wildman–Crippen MR) is 90.1 cm³/mol. The summed E-state index contributed by atoms with van der Waals surface area (Å²) < 4.78 is 0. The number of hydrogen-bond acceptors (Lipinski definition) is 4. The number of nitrogens with zero attached hydrogens (tertiary/aromatic N) is 3. The summed E-state index contributed by atoms with van der Waals surface area (Å²) in [4.78, 5) is 34.8. The summed E-state index contributed by atoms with van der Waals surface area (Å²) in [5, 5.41) is 2.64. The van der Waals surface area contributed by atoms with E-state index in [-0.39, 0.29) is 6.04 Å². The lowest BCUT2D eigenvalue weighted by Gasteiger charge is -2.35. The summed E-state index contributed by atoms with van der Waals surface area (Å²) in [6, 6.07) is 5.49. The molecule has 0 aliphatic carbocycles. The number of carbonyl (C=O) groups excluding carboxylic acids is 2. The molecule has 1 fully saturated rings. The Hall–Kier alpha value is -2.76. The Morgan fingerprint density at radius 3 is 2.83 bits per heavy atom. The number of hydrogen-bond donors (Lipinski definition) is 1. The van der Waals surface area contributed by atoms with Crippen LogP contribution < -0.4 is 5.32 Å². The second-order valence-electron chi connectivity index (χ2n) is 6.00. The van der Waals surface area contributed by atoms with Crippen LogP contribution in [0.5, 0.6) is 0 Å². The smallest absolute Gasteiger partial charge is 0.313 e. The van der Waals surface area contributed by atoms with Crippen molar-refractivity contribution in [2.24, 2.45) is 0 Å². The van der Waals surface area contributed by atoms with Crippen molar-refractivity contribution in [1.82, 2.24) is 14.9 Å². The fourth-order valence-corrected chi connectivity index (χ4v) is 3.03. The van der Waals surface area contributed by atoms with Crippen molar-refractivity contribution in [1.29, 1.82) is 0 Å². The van der Waals surface area contributed by atoms with Crippen molar-refractivity contribution < 1.29 is 9.59 Å². The first-order chi connectivity index (χ1) is 11.6. The van der Waals surface area contributed by atoms with Crippen molar-refractivity contribution in [2.75, 3.05) is 11.9 Å². The highest BCUT2D eigenvalue weighted by Gasteiger charge is 2.31. The molecule has 2 aromatic rings. The minimum atomic E-state index is -0.627. The van der Waals surface area contributed by atoms with E-state index in [0.717, 1.165) is 30.4 Å². The molecule has 3 rings (SSSR count). The standard InChI is InChI=1S/C18H20N4O2/c1-13-9-15(12-20-10-13)21-17(23)18(24)22-8-3-2-6-16(22)14-5-4-7-19-11-14/h4-5,7,9-12,16H,2-3,6,8H2,1H3,(H,21,23). The number of amides is 2. The molecule has 1 saturated heterocycles. The van der Waals surface area contributed by atoms with Gasteiger partial charge in [0.15, 0.2) is 0 Å². The Morgan fingerprint density at radius 2 is 2.08 bits per heavy atom. The maximum absolute atomic E-state index is 12.6. The molecule has 3 heterocycles. The van der Waals surface area contributed by atoms with Crippen LogP contribution in [0.2, 0.25) is 0 Å². The van der Waals surface area contributed by atoms with Gasteiger partial charge in [0.25, 0.3) is 0 Å². The molecular formula is C18H20N4O2. The molecule has 0 saturated carbocycles. The zero-order valence-corrected chi connectivity index (χ0v) is 13.6. The van der Waals surface area contributed by atoms with E-state index in [4.69, 9.17) is 0 Å². The largest absolute Gasteiger partial charge is 0.327 e. The number of rotatable bonds is 2. The van der Waals surface area contributed by atoms with Gasteiger partial charge in [0.05, 0.1) is 17.9 Å². The van der Waals surface area contributed by atoms with Crippen LogP contribution in [0.1, 0.15) is 36.4 Å². The monoisotopic (exact) mass is 324 g/mol. The number of carbonyl (C=O) groups is 2. The molecule has 1 N–H and O–H groups in total. The van der Waals surface area contributed by atoms with Crippen LogP contribution in [0.3, 0.4) is 0 Å². The quantitative estimate of drug-likeness (QED) is 0.861. The lowest BCUT2D eigenvalue weighted by Crippen LogP contribution is -2.44. The van der Waals surface area contributed by atoms with Crippen LogP contribution in [0, 0.1) is 6.92 Å². The van der Waals surface area contributed by atoms with E-state index in [1.165, 1.54) is 6.20 Å². The fourth-order valence-electron chi connectivity index (χ4n) is 3.03. The summed E-state index contributed by atoms with van der Waals surface area (Å²) in [5.41, 5.74) is 2.42. The third-order valence-electron chi connectivity index (χ3n) is 4.16. The average molecular weight is 324 g/mol. The highest BCUT2D eigenvalue weighted by Crippen LogP contribution is 2.30. The van der Waals surface area contributed by atoms with Gasteiger partial charge in [-0.2, -0.15) is 0 Å². The van der Waals surface area contributed by atoms with Gasteiger partial charge in [-0.05, 0) is 49.4 Å². The Kier molecular flexibility index (Phi) is 4.84. The fraction of sp³-hybridized carbons (Fsp3) is 0.333. The van der Waals surface area contributed by atoms with E-state index < -0.39 is 11.8 Å². The molecule has 0 bridgehead atoms. The zero-order chi connectivity index (χ0) is 16.9. The SMILES string of the molecule is Cc1cncc(NC(=O)C(=O)N2CCCCC2c2cccnc2)c1. The first-order valence-corrected chi connectivity index (χ1v) is 8.08. The number of aryl methyl sites for hydroxylation is 1. The molecule has 6 nitrogen and oxygen atoms in total. The summed E-state index contributed by atoms with van der Waals surface area (Å²) in [6.07, 6.45) is 9.48. The first-order valence-electron chi connectivity index (χ1n) is 8.08. The van der Waals surface area contributed by atoms with Crippen LogP contribution in [0.25, 0.3) is 0 Å². The van der Waals surface area contributed by atoms with Gasteiger partial charge < -0.3 is 10.2 Å². The highest BCUT2D eigenvalue weighted by molar-refractivity contribution is 6.39. The number of likely N-dealkylation sites (tertiary alicyclic amines) is 1. The van der Waals surface area contributed by atoms with E-state index in [0.29, 0.717) is 12.2 Å². The van der Waals surface area contributed by atoms with Gasteiger partial charge in [-0.3, -0.25) is 19.6 Å². The Morgan fingerprint density at radius 1 is 1.21 bits per heavy atom. The van der Waals surface area contributed by atoms with Gasteiger partial charge >= 0.3 is 11.8 Å². The Labute approximate surface area is 140 Å². The van der Waals surface area contributed by atoms with E-state index in [2.05, 4.69) is 15.3 Å². The summed E-state index contributed by atoms with van der Waals surface area (Å²) in [6.45, 7) is 2.46. The van der Waals surface area contributed by atoms with Gasteiger partial charge in [0.1, 0.15) is 0 Å². The van der Waals surface area contributed by atoms with Crippen molar-refractivity contribution in [3.63, 3.8) is 0 Å². The molecule has 1 unspecified atom stereocenters. The van der Waals surface area contributed by atoms with E-state index in [1.54, 1.807) is 29.6 Å². The highest BCUT2D eigenvalue weighted by atomic mass is 16.2. The normalized spacial score (nSPS) is 17.4. The minimum absolute atomic E-state index is 0.0960. The first kappa shape index (κ1) is 16.1. The Balaban J connectivity index is 1.75. The summed E-state index contributed by atoms with van der Waals surface area (Å²) >= 11 is 0. The van der Waals surface area contributed by atoms with Gasteiger partial charge in [0.2, 0.25) is 0 Å². The second-order valence-corrected chi connectivity index (χ2v) is 6.00. The zero-order valence-electron chi connectivity index (χ0n) is 13.6. The average Bonchev–Trinajstić information content (AvgIpc) is 2.62. The van der Waals surface area contributed by atoms with E-state index in [9.17, 15) is 9.59 Å². The van der Waals surface area contributed by atoms with Gasteiger partial charge in [-0.25, -0.2) is 0 Å². The van der Waals surface area contributed by atoms with E-state index >= 15 is 0 Å². The van der Waals surface area contributed by atoms with Crippen LogP contribution in [-0.4, -0.2) is 33.2 Å². The van der Waals surface area contributed by atoms with Gasteiger partial charge in [0, 0.05) is 25.1 Å². The second kappa shape index (κ2) is 7.21. The van der Waals surface area contributed by atoms with Gasteiger partial charge in [-0.15, -0.1) is 0 Å². The van der Waals surface area contributed by atoms with Crippen LogP contribution in [0.4, 0.5) is 5.69 Å². The number of nitrogens with one attached hydrogen (secondary N) is 1. The van der Waals surface area contributed by atoms with Crippen LogP contribution >= 0.6 is 0 Å². The molecule has 1 atom stereocenters. The summed E-state index contributed by atoms with van der Waals surface area (Å²) in [5.74, 6) is -1.14. The molecule has 2 amide bonds. The van der Waals surface area contributed by atoms with Crippen molar-refractivity contribution in [3.8, 4) is 0 Å². The molecule has 0 radical (unpaired) electrons. The number of pyridine rings is 2. The lowest BCUT2D eigenvalue weighted by atomic mass is 9.96. The van der Waals surface area contributed by atoms with Crippen molar-refractivity contribution in [3.05, 3.63) is 54.1 Å². The van der Waals surface area contributed by atoms with E-state index in [1.807, 2.05) is 19.1 Å². The molecule has 0 aromatic carbocycles. The maximum Gasteiger partial charge on any atom is 0.313 e. The predicted octanol–water partition coefficient (Wildman–Crippen LogP) is 2.48. The molecule has 0 spiro atoms. The lowest BCUT2D eigenvalue weighted by molar-refractivity contribution is -0.145. The minimum Gasteiger partial charge on any atom is -0.327 e. The maximum atomic E-state index is 12.6. The molecule has 124 valence electrons. The Bertz CT molecular complexity index is 733. The molecule has 2 aromatic heterocycles. The van der Waals surface area contributed by atoms with Crippen molar-refractivity contribution in [2.45, 2.75) is 32.2 Å². The third kappa shape index (κ3) is 3.59. The molecule has 1 aliphatic rings. The number of anilines is 1. The van der Waals surface area contributed by atoms with Crippen molar-refractivity contribution >= 4 is 17.5 Å². The van der Waals surface area contributed by atoms with Crippen LogP contribution in [0.15, 0.2) is 43.0 Å². The number of aromatic nitrogens is 2. The van der Waals surface area contributed by atoms with Gasteiger partial charge in [-0.1, -0.05) is 6.07 Å². The summed E-state index contributed by atoms with van der Waals surface area (Å²) in [7, 11) is 0. The molecule has 6 heteroatoms. The topological polar surface area (TPSA) is 75.2 Å².